The summed E-state index contributed by atoms with van der Waals surface area (Å²) in [6, 6.07) is 9.94. The molecule has 0 spiro atoms. The summed E-state index contributed by atoms with van der Waals surface area (Å²) in [4.78, 5) is 24.0. The molecule has 1 aliphatic heterocycles. The van der Waals surface area contributed by atoms with E-state index in [4.69, 9.17) is 4.74 Å². The van der Waals surface area contributed by atoms with Crippen molar-refractivity contribution in [3.05, 3.63) is 53.0 Å². The lowest BCUT2D eigenvalue weighted by Gasteiger charge is -2.21. The molecule has 0 radical (unpaired) electrons. The molecular weight excluding hydrogens is 352 g/mol. The number of benzene rings is 1. The quantitative estimate of drug-likeness (QED) is 0.829. The fourth-order valence-corrected chi connectivity index (χ4v) is 3.25. The molecular formula is C22H30N4O2. The Morgan fingerprint density at radius 3 is 2.57 bits per heavy atom. The molecule has 1 unspecified atom stereocenters. The maximum absolute atomic E-state index is 12.9. The van der Waals surface area contributed by atoms with Gasteiger partial charge >= 0.3 is 0 Å². The Kier molecular flexibility index (Phi) is 5.98. The SMILES string of the molecule is COCc1cc(NC2CCN(Cc3ccc(C)cc3)C2=O)nc(C(C)(C)C)n1. The number of aromatic nitrogens is 2. The second-order valence-electron chi connectivity index (χ2n) is 8.48. The maximum atomic E-state index is 12.9. The number of methoxy groups -OCH3 is 1. The third-order valence-electron chi connectivity index (χ3n) is 4.86. The molecule has 28 heavy (non-hydrogen) atoms. The van der Waals surface area contributed by atoms with E-state index in [1.54, 1.807) is 7.11 Å². The van der Waals surface area contributed by atoms with Crippen LogP contribution in [0.3, 0.4) is 0 Å². The highest BCUT2D eigenvalue weighted by Gasteiger charge is 2.32. The molecule has 6 nitrogen and oxygen atoms in total. The van der Waals surface area contributed by atoms with Crippen molar-refractivity contribution < 1.29 is 9.53 Å². The summed E-state index contributed by atoms with van der Waals surface area (Å²) >= 11 is 0. The molecule has 0 saturated carbocycles. The van der Waals surface area contributed by atoms with Gasteiger partial charge in [0, 0.05) is 31.7 Å². The molecule has 1 N–H and O–H groups in total. The van der Waals surface area contributed by atoms with Crippen LogP contribution in [0.5, 0.6) is 0 Å². The number of aryl methyl sites for hydroxylation is 1. The van der Waals surface area contributed by atoms with E-state index < -0.39 is 0 Å². The first-order valence-electron chi connectivity index (χ1n) is 9.74. The molecule has 6 heteroatoms. The Morgan fingerprint density at radius 2 is 1.93 bits per heavy atom. The van der Waals surface area contributed by atoms with Crippen LogP contribution in [0.4, 0.5) is 5.82 Å². The third-order valence-corrected chi connectivity index (χ3v) is 4.86. The van der Waals surface area contributed by atoms with E-state index in [9.17, 15) is 4.79 Å². The second-order valence-corrected chi connectivity index (χ2v) is 8.48. The molecule has 0 aliphatic carbocycles. The van der Waals surface area contributed by atoms with Crippen LogP contribution in [0.25, 0.3) is 0 Å². The molecule has 1 aliphatic rings. The average molecular weight is 383 g/mol. The van der Waals surface area contributed by atoms with Crippen molar-refractivity contribution >= 4 is 11.7 Å². The van der Waals surface area contributed by atoms with Crippen LogP contribution in [-0.4, -0.2) is 40.5 Å². The largest absolute Gasteiger partial charge is 0.378 e. The van der Waals surface area contributed by atoms with E-state index in [1.807, 2.05) is 11.0 Å². The number of hydrogen-bond donors (Lipinski definition) is 1. The van der Waals surface area contributed by atoms with Gasteiger partial charge in [-0.15, -0.1) is 0 Å². The van der Waals surface area contributed by atoms with E-state index in [0.717, 1.165) is 30.0 Å². The number of nitrogens with zero attached hydrogens (tertiary/aromatic N) is 3. The zero-order valence-electron chi connectivity index (χ0n) is 17.5. The average Bonchev–Trinajstić information content (AvgIpc) is 2.96. The van der Waals surface area contributed by atoms with Crippen molar-refractivity contribution in [2.75, 3.05) is 19.0 Å². The summed E-state index contributed by atoms with van der Waals surface area (Å²) in [5.41, 5.74) is 3.00. The van der Waals surface area contributed by atoms with Crippen LogP contribution in [-0.2, 0) is 28.1 Å². The van der Waals surface area contributed by atoms with Gasteiger partial charge in [0.15, 0.2) is 0 Å². The van der Waals surface area contributed by atoms with Crippen LogP contribution in [0.15, 0.2) is 30.3 Å². The van der Waals surface area contributed by atoms with Gasteiger partial charge in [-0.2, -0.15) is 0 Å². The lowest BCUT2D eigenvalue weighted by Crippen LogP contribution is -2.33. The molecule has 1 aromatic carbocycles. The Balaban J connectivity index is 1.72. The molecule has 1 atom stereocenters. The van der Waals surface area contributed by atoms with E-state index in [0.29, 0.717) is 19.0 Å². The highest BCUT2D eigenvalue weighted by Crippen LogP contribution is 2.23. The Morgan fingerprint density at radius 1 is 1.21 bits per heavy atom. The fourth-order valence-electron chi connectivity index (χ4n) is 3.25. The Hall–Kier alpha value is -2.47. The molecule has 3 rings (SSSR count). The first-order valence-corrected chi connectivity index (χ1v) is 9.74. The van der Waals surface area contributed by atoms with Crippen LogP contribution < -0.4 is 5.32 Å². The minimum Gasteiger partial charge on any atom is -0.378 e. The number of amides is 1. The molecule has 2 heterocycles. The number of nitrogens with one attached hydrogen (secondary N) is 1. The highest BCUT2D eigenvalue weighted by atomic mass is 16.5. The molecule has 0 bridgehead atoms. The van der Waals surface area contributed by atoms with Gasteiger partial charge < -0.3 is 15.0 Å². The number of carbonyl (C=O) groups is 1. The van der Waals surface area contributed by atoms with Gasteiger partial charge in [0.1, 0.15) is 17.7 Å². The van der Waals surface area contributed by atoms with E-state index >= 15 is 0 Å². The van der Waals surface area contributed by atoms with Crippen LogP contribution in [0, 0.1) is 6.92 Å². The van der Waals surface area contributed by atoms with Gasteiger partial charge in [0.2, 0.25) is 5.91 Å². The number of anilines is 1. The molecule has 1 saturated heterocycles. The predicted molar refractivity (Wildman–Crippen MR) is 110 cm³/mol. The van der Waals surface area contributed by atoms with Crippen molar-refractivity contribution in [3.8, 4) is 0 Å². The Labute approximate surface area is 167 Å². The second kappa shape index (κ2) is 8.27. The minimum absolute atomic E-state index is 0.116. The summed E-state index contributed by atoms with van der Waals surface area (Å²) < 4.78 is 5.24. The van der Waals surface area contributed by atoms with Gasteiger partial charge in [0.05, 0.1) is 12.3 Å². The first kappa shape index (κ1) is 20.3. The minimum atomic E-state index is -0.261. The Bertz CT molecular complexity index is 827. The summed E-state index contributed by atoms with van der Waals surface area (Å²) in [6.45, 7) is 10.1. The van der Waals surface area contributed by atoms with Gasteiger partial charge in [-0.05, 0) is 18.9 Å². The highest BCUT2D eigenvalue weighted by molar-refractivity contribution is 5.86. The zero-order valence-corrected chi connectivity index (χ0v) is 17.5. The summed E-state index contributed by atoms with van der Waals surface area (Å²) in [5, 5.41) is 3.33. The molecule has 1 amide bonds. The number of rotatable bonds is 6. The van der Waals surface area contributed by atoms with E-state index in [2.05, 4.69) is 67.2 Å². The molecule has 1 fully saturated rings. The lowest BCUT2D eigenvalue weighted by atomic mass is 9.95. The number of ether oxygens (including phenoxy) is 1. The first-order chi connectivity index (χ1) is 13.3. The summed E-state index contributed by atoms with van der Waals surface area (Å²) in [5.74, 6) is 1.54. The van der Waals surface area contributed by atoms with Crippen LogP contribution >= 0.6 is 0 Å². The smallest absolute Gasteiger partial charge is 0.245 e. The van der Waals surface area contributed by atoms with E-state index in [1.165, 1.54) is 5.56 Å². The van der Waals surface area contributed by atoms with Crippen molar-refractivity contribution in [2.45, 2.75) is 58.7 Å². The van der Waals surface area contributed by atoms with E-state index in [-0.39, 0.29) is 17.4 Å². The van der Waals surface area contributed by atoms with Crippen molar-refractivity contribution in [1.82, 2.24) is 14.9 Å². The van der Waals surface area contributed by atoms with Crippen molar-refractivity contribution in [3.63, 3.8) is 0 Å². The van der Waals surface area contributed by atoms with Gasteiger partial charge in [-0.25, -0.2) is 9.97 Å². The summed E-state index contributed by atoms with van der Waals surface area (Å²) in [7, 11) is 1.65. The van der Waals surface area contributed by atoms with Crippen LogP contribution in [0.2, 0.25) is 0 Å². The maximum Gasteiger partial charge on any atom is 0.245 e. The predicted octanol–water partition coefficient (Wildman–Crippen LogP) is 3.44. The third kappa shape index (κ3) is 4.87. The monoisotopic (exact) mass is 382 g/mol. The normalized spacial score (nSPS) is 17.2. The van der Waals surface area contributed by atoms with Gasteiger partial charge in [-0.1, -0.05) is 50.6 Å². The number of hydrogen-bond acceptors (Lipinski definition) is 5. The number of carbonyl (C=O) groups excluding carboxylic acids is 1. The molecule has 1 aromatic heterocycles. The van der Waals surface area contributed by atoms with Crippen LogP contribution in [0.1, 0.15) is 49.8 Å². The molecule has 2 aromatic rings. The topological polar surface area (TPSA) is 67.3 Å². The van der Waals surface area contributed by atoms with Crippen molar-refractivity contribution in [1.29, 1.82) is 0 Å². The standard InChI is InChI=1S/C22H30N4O2/c1-15-6-8-16(9-7-15)13-26-11-10-18(20(26)27)24-19-12-17(14-28-5)23-21(25-19)22(2,3)4/h6-9,12,18H,10-11,13-14H2,1-5H3,(H,23,24,25). The summed E-state index contributed by atoms with van der Waals surface area (Å²) in [6.07, 6.45) is 0.763. The zero-order chi connectivity index (χ0) is 20.3. The number of likely N-dealkylation sites (tertiary alicyclic amines) is 1. The lowest BCUT2D eigenvalue weighted by molar-refractivity contribution is -0.128. The fraction of sp³-hybridized carbons (Fsp3) is 0.500. The van der Waals surface area contributed by atoms with Crippen molar-refractivity contribution in [2.24, 2.45) is 0 Å². The van der Waals surface area contributed by atoms with Gasteiger partial charge in [-0.3, -0.25) is 4.79 Å². The molecule has 150 valence electrons. The van der Waals surface area contributed by atoms with Gasteiger partial charge in [0.25, 0.3) is 0 Å².